The highest BCUT2D eigenvalue weighted by Gasteiger charge is 2.70. The Morgan fingerprint density at radius 3 is 1.96 bits per heavy atom. The largest absolute Gasteiger partial charge is 0.456 e. The molecule has 0 amide bonds. The van der Waals surface area contributed by atoms with Crippen LogP contribution in [0.1, 0.15) is 131 Å². The third kappa shape index (κ3) is 3.86. The molecule has 0 aliphatic heterocycles. The molecule has 3 fully saturated rings. The average molecular weight is 661 g/mol. The lowest BCUT2D eigenvalue weighted by molar-refractivity contribution is -0.130. The van der Waals surface area contributed by atoms with Crippen LogP contribution in [-0.4, -0.2) is 0 Å². The molecule has 4 aromatic carbocycles. The van der Waals surface area contributed by atoms with Crippen LogP contribution in [0.25, 0.3) is 44.2 Å². The third-order valence-electron chi connectivity index (χ3n) is 15.2. The van der Waals surface area contributed by atoms with E-state index in [4.69, 9.17) is 4.42 Å². The number of benzene rings is 4. The summed E-state index contributed by atoms with van der Waals surface area (Å²) in [7, 11) is 0. The van der Waals surface area contributed by atoms with Crippen molar-refractivity contribution in [3.63, 3.8) is 0 Å². The number of hydrogen-bond donors (Lipinski definition) is 0. The highest BCUT2D eigenvalue weighted by atomic mass is 16.3. The molecule has 258 valence electrons. The average Bonchev–Trinajstić information content (AvgIpc) is 3.70. The van der Waals surface area contributed by atoms with Crippen molar-refractivity contribution in [2.75, 3.05) is 0 Å². The van der Waals surface area contributed by atoms with Crippen LogP contribution < -0.4 is 0 Å². The molecule has 10 rings (SSSR count). The van der Waals surface area contributed by atoms with Gasteiger partial charge in [-0.2, -0.15) is 0 Å². The molecular weight excluding hydrogens is 605 g/mol. The summed E-state index contributed by atoms with van der Waals surface area (Å²) < 4.78 is 6.82. The van der Waals surface area contributed by atoms with Crippen molar-refractivity contribution in [3.8, 4) is 22.5 Å². The monoisotopic (exact) mass is 660 g/mol. The second kappa shape index (κ2) is 10.8. The van der Waals surface area contributed by atoms with Crippen molar-refractivity contribution >= 4 is 21.7 Å². The fourth-order valence-electron chi connectivity index (χ4n) is 13.8. The highest BCUT2D eigenvalue weighted by molar-refractivity contribution is 6.05. The minimum absolute atomic E-state index is 0.0622. The molecule has 0 saturated heterocycles. The summed E-state index contributed by atoms with van der Waals surface area (Å²) in [5.41, 5.74) is 16.1. The van der Waals surface area contributed by atoms with Gasteiger partial charge in [0.2, 0.25) is 0 Å². The van der Waals surface area contributed by atoms with Gasteiger partial charge in [0.25, 0.3) is 0 Å². The van der Waals surface area contributed by atoms with Gasteiger partial charge in [-0.3, -0.25) is 0 Å². The molecule has 1 heteroatoms. The van der Waals surface area contributed by atoms with Crippen molar-refractivity contribution in [2.24, 2.45) is 35.5 Å². The van der Waals surface area contributed by atoms with E-state index < -0.39 is 0 Å². The summed E-state index contributed by atoms with van der Waals surface area (Å²) in [6.07, 6.45) is 14.1. The van der Waals surface area contributed by atoms with Crippen molar-refractivity contribution < 1.29 is 4.42 Å². The van der Waals surface area contributed by atoms with Crippen LogP contribution in [-0.2, 0) is 10.8 Å². The molecule has 5 aliphatic rings. The van der Waals surface area contributed by atoms with E-state index in [2.05, 4.69) is 103 Å². The Morgan fingerprint density at radius 1 is 0.660 bits per heavy atom. The molecule has 5 aromatic rings. The summed E-state index contributed by atoms with van der Waals surface area (Å²) >= 11 is 0. The summed E-state index contributed by atoms with van der Waals surface area (Å²) in [5, 5.41) is 4.38. The summed E-state index contributed by atoms with van der Waals surface area (Å²) in [6, 6.07) is 21.7. The van der Waals surface area contributed by atoms with E-state index in [-0.39, 0.29) is 10.8 Å². The molecule has 5 aliphatic carbocycles. The number of para-hydroxylation sites is 1. The van der Waals surface area contributed by atoms with Crippen molar-refractivity contribution in [2.45, 2.75) is 124 Å². The maximum atomic E-state index is 6.82. The zero-order chi connectivity index (χ0) is 34.3. The second-order valence-electron chi connectivity index (χ2n) is 18.5. The molecule has 3 saturated carbocycles. The zero-order valence-corrected chi connectivity index (χ0v) is 31.6. The lowest BCUT2D eigenvalue weighted by Crippen LogP contribution is -2.66. The second-order valence-corrected chi connectivity index (χ2v) is 18.5. The minimum atomic E-state index is -0.154. The Labute approximate surface area is 300 Å². The predicted octanol–water partition coefficient (Wildman–Crippen LogP) is 13.8. The van der Waals surface area contributed by atoms with Gasteiger partial charge in [-0.25, -0.2) is 0 Å². The van der Waals surface area contributed by atoms with Gasteiger partial charge in [0.1, 0.15) is 11.3 Å². The molecule has 1 spiro atoms. The minimum Gasteiger partial charge on any atom is -0.456 e. The molecule has 0 radical (unpaired) electrons. The van der Waals surface area contributed by atoms with Crippen molar-refractivity contribution in [1.82, 2.24) is 0 Å². The molecule has 0 N–H and O–H groups in total. The van der Waals surface area contributed by atoms with Crippen LogP contribution >= 0.6 is 0 Å². The first-order valence-electron chi connectivity index (χ1n) is 20.4. The summed E-state index contributed by atoms with van der Waals surface area (Å²) in [4.78, 5) is 0. The smallest absolute Gasteiger partial charge is 0.139 e. The highest BCUT2D eigenvalue weighted by Crippen LogP contribution is 2.76. The van der Waals surface area contributed by atoms with E-state index in [1.54, 1.807) is 27.6 Å². The lowest BCUT2D eigenvalue weighted by Gasteiger charge is -2.68. The predicted molar refractivity (Wildman–Crippen MR) is 210 cm³/mol. The van der Waals surface area contributed by atoms with Gasteiger partial charge in [0, 0.05) is 27.3 Å². The molecule has 2 atom stereocenters. The Morgan fingerprint density at radius 2 is 1.30 bits per heavy atom. The van der Waals surface area contributed by atoms with E-state index in [9.17, 15) is 0 Å². The normalized spacial score (nSPS) is 27.2. The number of aryl methyl sites for hydroxylation is 3. The first kappa shape index (κ1) is 31.4. The topological polar surface area (TPSA) is 13.1 Å². The fourth-order valence-corrected chi connectivity index (χ4v) is 13.8. The zero-order valence-electron chi connectivity index (χ0n) is 31.6. The Bertz CT molecular complexity index is 2170. The summed E-state index contributed by atoms with van der Waals surface area (Å²) in [6.45, 7) is 17.3. The van der Waals surface area contributed by atoms with Crippen LogP contribution in [0.15, 0.2) is 59.0 Å². The van der Waals surface area contributed by atoms with Crippen molar-refractivity contribution in [3.05, 3.63) is 93.5 Å². The van der Waals surface area contributed by atoms with E-state index in [1.165, 1.54) is 108 Å². The van der Waals surface area contributed by atoms with Gasteiger partial charge in [-0.05, 0) is 112 Å². The SMILES string of the molecule is Cc1cc(C)c2c(C)cc3c(c2c1)C1(c2ccc4c(c2-3)C(C)(C)c2c-4oc3ccccc23)C(C2CCCCC2)C(C(C)C)C1C1CCCCC1. The number of rotatable bonds is 3. The first-order chi connectivity index (χ1) is 24.2. The van der Waals surface area contributed by atoms with E-state index >= 15 is 0 Å². The Balaban J connectivity index is 1.35. The molecule has 1 nitrogen and oxygen atoms in total. The van der Waals surface area contributed by atoms with Gasteiger partial charge in [-0.1, -0.05) is 146 Å². The fraction of sp³-hybridized carbons (Fsp3) is 0.510. The molecule has 2 unspecified atom stereocenters. The number of fused-ring (bicyclic) bond motifs is 13. The standard InChI is InChI=1S/C49H56O/c1-27(2)39-42(31-16-10-8-11-17-31)49(43(39)32-18-12-9-13-19-32)37-23-22-34-45(48(6,7)46-33-20-14-15-21-38(33)50-47(34)46)41(37)36-26-30(5)40-29(4)24-28(3)25-35(40)44(36)49/h14-15,20-27,31-32,39,42-43H,8-13,16-19H2,1-7H3. The Hall–Kier alpha value is -3.32. The third-order valence-corrected chi connectivity index (χ3v) is 15.2. The van der Waals surface area contributed by atoms with Crippen LogP contribution in [0.3, 0.4) is 0 Å². The maximum Gasteiger partial charge on any atom is 0.139 e. The molecule has 50 heavy (non-hydrogen) atoms. The Kier molecular flexibility index (Phi) is 6.82. The van der Waals surface area contributed by atoms with Gasteiger partial charge in [-0.15, -0.1) is 0 Å². The van der Waals surface area contributed by atoms with E-state index in [0.717, 1.165) is 29.1 Å². The summed E-state index contributed by atoms with van der Waals surface area (Å²) in [5.74, 6) is 5.59. The lowest BCUT2D eigenvalue weighted by atomic mass is 9.35. The van der Waals surface area contributed by atoms with Crippen LogP contribution in [0.5, 0.6) is 0 Å². The van der Waals surface area contributed by atoms with Crippen LogP contribution in [0.2, 0.25) is 0 Å². The van der Waals surface area contributed by atoms with Gasteiger partial charge in [0.05, 0.1) is 0 Å². The molecular formula is C49H56O. The number of furan rings is 1. The first-order valence-corrected chi connectivity index (χ1v) is 20.4. The molecule has 1 heterocycles. The van der Waals surface area contributed by atoms with E-state index in [1.807, 2.05) is 0 Å². The van der Waals surface area contributed by atoms with Gasteiger partial charge < -0.3 is 4.42 Å². The van der Waals surface area contributed by atoms with Crippen LogP contribution in [0.4, 0.5) is 0 Å². The van der Waals surface area contributed by atoms with Crippen LogP contribution in [0, 0.1) is 56.3 Å². The van der Waals surface area contributed by atoms with E-state index in [0.29, 0.717) is 17.8 Å². The van der Waals surface area contributed by atoms with Gasteiger partial charge in [0.15, 0.2) is 0 Å². The maximum absolute atomic E-state index is 6.82. The molecule has 1 aromatic heterocycles. The van der Waals surface area contributed by atoms with Crippen molar-refractivity contribution in [1.29, 1.82) is 0 Å². The van der Waals surface area contributed by atoms with Gasteiger partial charge >= 0.3 is 0 Å². The quantitative estimate of drug-likeness (QED) is 0.188. The number of hydrogen-bond acceptors (Lipinski definition) is 1. The molecule has 0 bridgehead atoms.